The van der Waals surface area contributed by atoms with Crippen LogP contribution in [0.5, 0.6) is 0 Å². The summed E-state index contributed by atoms with van der Waals surface area (Å²) in [7, 11) is -3.41. The normalized spacial score (nSPS) is 17.4. The fourth-order valence-corrected chi connectivity index (χ4v) is 5.42. The number of fused-ring (bicyclic) bond motifs is 1. The van der Waals surface area contributed by atoms with E-state index in [9.17, 15) is 13.2 Å². The van der Waals surface area contributed by atoms with Gasteiger partial charge in [0.2, 0.25) is 5.91 Å². The molecule has 0 unspecified atom stereocenters. The first-order valence-corrected chi connectivity index (χ1v) is 12.0. The van der Waals surface area contributed by atoms with E-state index in [4.69, 9.17) is 0 Å². The molecule has 0 atom stereocenters. The van der Waals surface area contributed by atoms with E-state index >= 15 is 0 Å². The van der Waals surface area contributed by atoms with Gasteiger partial charge in [-0.15, -0.1) is 12.4 Å². The lowest BCUT2D eigenvalue weighted by Crippen LogP contribution is -2.37. The number of amides is 1. The molecule has 0 saturated heterocycles. The molecular formula is C21H33ClN2O3S. The molecule has 2 aliphatic rings. The Balaban J connectivity index is 0.00000280. The first-order chi connectivity index (χ1) is 13.0. The van der Waals surface area contributed by atoms with Gasteiger partial charge >= 0.3 is 0 Å². The lowest BCUT2D eigenvalue weighted by Gasteiger charge is -2.16. The van der Waals surface area contributed by atoms with E-state index in [1.165, 1.54) is 44.1 Å². The van der Waals surface area contributed by atoms with Crippen molar-refractivity contribution in [3.8, 4) is 0 Å². The first-order valence-electron chi connectivity index (χ1n) is 10.4. The monoisotopic (exact) mass is 428 g/mol. The average molecular weight is 429 g/mol. The van der Waals surface area contributed by atoms with Crippen molar-refractivity contribution in [3.63, 3.8) is 0 Å². The number of benzene rings is 1. The molecule has 5 nitrogen and oxygen atoms in total. The number of sulfone groups is 1. The van der Waals surface area contributed by atoms with Gasteiger partial charge in [-0.1, -0.05) is 31.7 Å². The minimum Gasteiger partial charge on any atom is -0.355 e. The van der Waals surface area contributed by atoms with E-state index in [2.05, 4.69) is 10.6 Å². The summed E-state index contributed by atoms with van der Waals surface area (Å²) in [6.07, 6.45) is 10.7. The van der Waals surface area contributed by atoms with E-state index < -0.39 is 9.84 Å². The SMILES string of the molecule is Cl.O=C(CCS(=O)(=O)c1ccc2c(c1)CCC2)NCCNC1CCCCCC1. The van der Waals surface area contributed by atoms with E-state index in [1.807, 2.05) is 6.07 Å². The summed E-state index contributed by atoms with van der Waals surface area (Å²) in [5.74, 6) is -0.323. The van der Waals surface area contributed by atoms with Crippen molar-refractivity contribution in [1.82, 2.24) is 10.6 Å². The van der Waals surface area contributed by atoms with Crippen LogP contribution in [0.4, 0.5) is 0 Å². The van der Waals surface area contributed by atoms with Gasteiger partial charge in [0.15, 0.2) is 9.84 Å². The number of rotatable bonds is 8. The molecule has 3 rings (SSSR count). The standard InChI is InChI=1S/C21H32N2O3S.ClH/c24-21(23-14-13-22-19-8-3-1-2-4-9-19)12-15-27(25,26)20-11-10-17-6-5-7-18(17)16-20;/h10-11,16,19,22H,1-9,12-15H2,(H,23,24);1H. The zero-order chi connectivity index (χ0) is 19.1. The third kappa shape index (κ3) is 6.75. The van der Waals surface area contributed by atoms with Crippen molar-refractivity contribution in [2.45, 2.75) is 75.1 Å². The predicted octanol–water partition coefficient (Wildman–Crippen LogP) is 3.19. The molecule has 0 bridgehead atoms. The van der Waals surface area contributed by atoms with Gasteiger partial charge < -0.3 is 10.6 Å². The van der Waals surface area contributed by atoms with Crippen LogP contribution < -0.4 is 10.6 Å². The van der Waals surface area contributed by atoms with Gasteiger partial charge in [0, 0.05) is 25.6 Å². The number of carbonyl (C=O) groups is 1. The summed E-state index contributed by atoms with van der Waals surface area (Å²) in [5, 5.41) is 6.34. The van der Waals surface area contributed by atoms with Gasteiger partial charge in [-0.3, -0.25) is 4.79 Å². The Labute approximate surface area is 175 Å². The Morgan fingerprint density at radius 2 is 1.68 bits per heavy atom. The summed E-state index contributed by atoms with van der Waals surface area (Å²) >= 11 is 0. The lowest BCUT2D eigenvalue weighted by molar-refractivity contribution is -0.120. The maximum atomic E-state index is 12.5. The van der Waals surface area contributed by atoms with Crippen LogP contribution in [0.3, 0.4) is 0 Å². The highest BCUT2D eigenvalue weighted by molar-refractivity contribution is 7.91. The Kier molecular flexibility index (Phi) is 9.25. The smallest absolute Gasteiger partial charge is 0.221 e. The van der Waals surface area contributed by atoms with Crippen LogP contribution in [0.1, 0.15) is 62.5 Å². The van der Waals surface area contributed by atoms with Gasteiger partial charge in [-0.25, -0.2) is 8.42 Å². The molecule has 7 heteroatoms. The molecule has 1 aromatic rings. The molecule has 1 amide bonds. The second-order valence-electron chi connectivity index (χ2n) is 7.85. The van der Waals surface area contributed by atoms with Gasteiger partial charge in [0.05, 0.1) is 10.6 Å². The average Bonchev–Trinajstić information content (AvgIpc) is 2.98. The number of hydrogen-bond acceptors (Lipinski definition) is 4. The number of aryl methyl sites for hydroxylation is 2. The molecule has 0 aliphatic heterocycles. The predicted molar refractivity (Wildman–Crippen MR) is 115 cm³/mol. The molecule has 158 valence electrons. The molecule has 0 heterocycles. The highest BCUT2D eigenvalue weighted by Gasteiger charge is 2.20. The van der Waals surface area contributed by atoms with Crippen molar-refractivity contribution in [1.29, 1.82) is 0 Å². The van der Waals surface area contributed by atoms with Crippen LogP contribution in [0.15, 0.2) is 23.1 Å². The Hall–Kier alpha value is -1.11. The van der Waals surface area contributed by atoms with Crippen molar-refractivity contribution in [2.75, 3.05) is 18.8 Å². The molecule has 2 aliphatic carbocycles. The zero-order valence-corrected chi connectivity index (χ0v) is 18.2. The van der Waals surface area contributed by atoms with E-state index in [0.717, 1.165) is 31.4 Å². The van der Waals surface area contributed by atoms with E-state index in [1.54, 1.807) is 12.1 Å². The Morgan fingerprint density at radius 1 is 0.964 bits per heavy atom. The van der Waals surface area contributed by atoms with Crippen molar-refractivity contribution < 1.29 is 13.2 Å². The number of carbonyl (C=O) groups excluding carboxylic acids is 1. The highest BCUT2D eigenvalue weighted by Crippen LogP contribution is 2.25. The van der Waals surface area contributed by atoms with Gasteiger partial charge in [0.1, 0.15) is 0 Å². The number of nitrogens with one attached hydrogen (secondary N) is 2. The summed E-state index contributed by atoms with van der Waals surface area (Å²) in [5.41, 5.74) is 2.40. The third-order valence-electron chi connectivity index (χ3n) is 5.76. The Morgan fingerprint density at radius 3 is 2.43 bits per heavy atom. The quantitative estimate of drug-likeness (QED) is 0.492. The molecule has 1 aromatic carbocycles. The largest absolute Gasteiger partial charge is 0.355 e. The minimum atomic E-state index is -3.41. The number of hydrogen-bond donors (Lipinski definition) is 2. The fourth-order valence-electron chi connectivity index (χ4n) is 4.14. The van der Waals surface area contributed by atoms with Crippen molar-refractivity contribution in [3.05, 3.63) is 29.3 Å². The van der Waals surface area contributed by atoms with Gasteiger partial charge in [-0.05, 0) is 55.4 Å². The summed E-state index contributed by atoms with van der Waals surface area (Å²) in [6, 6.07) is 5.97. The maximum Gasteiger partial charge on any atom is 0.221 e. The molecular weight excluding hydrogens is 396 g/mol. The van der Waals surface area contributed by atoms with Gasteiger partial charge in [0.25, 0.3) is 0 Å². The first kappa shape index (κ1) is 23.2. The molecule has 1 saturated carbocycles. The lowest BCUT2D eigenvalue weighted by atomic mass is 10.1. The summed E-state index contributed by atoms with van der Waals surface area (Å²) in [6.45, 7) is 1.29. The molecule has 1 fully saturated rings. The molecule has 2 N–H and O–H groups in total. The third-order valence-corrected chi connectivity index (χ3v) is 7.48. The van der Waals surface area contributed by atoms with Crippen LogP contribution in [-0.4, -0.2) is 39.2 Å². The minimum absolute atomic E-state index is 0. The molecule has 0 radical (unpaired) electrons. The van der Waals surface area contributed by atoms with E-state index in [0.29, 0.717) is 17.5 Å². The second-order valence-corrected chi connectivity index (χ2v) is 9.95. The zero-order valence-electron chi connectivity index (χ0n) is 16.5. The summed E-state index contributed by atoms with van der Waals surface area (Å²) < 4.78 is 25.0. The van der Waals surface area contributed by atoms with E-state index in [-0.39, 0.29) is 30.5 Å². The van der Waals surface area contributed by atoms with Crippen molar-refractivity contribution >= 4 is 28.2 Å². The Bertz CT molecular complexity index is 744. The van der Waals surface area contributed by atoms with Gasteiger partial charge in [-0.2, -0.15) is 0 Å². The maximum absolute atomic E-state index is 12.5. The van der Waals surface area contributed by atoms with Crippen LogP contribution in [0.2, 0.25) is 0 Å². The molecule has 0 aromatic heterocycles. The van der Waals surface area contributed by atoms with Crippen LogP contribution in [0, 0.1) is 0 Å². The topological polar surface area (TPSA) is 75.3 Å². The van der Waals surface area contributed by atoms with Crippen LogP contribution in [-0.2, 0) is 27.5 Å². The molecule has 0 spiro atoms. The highest BCUT2D eigenvalue weighted by atomic mass is 35.5. The van der Waals surface area contributed by atoms with Crippen LogP contribution in [0.25, 0.3) is 0 Å². The van der Waals surface area contributed by atoms with Crippen LogP contribution >= 0.6 is 12.4 Å². The fraction of sp³-hybridized carbons (Fsp3) is 0.667. The van der Waals surface area contributed by atoms with Crippen molar-refractivity contribution in [2.24, 2.45) is 0 Å². The molecule has 28 heavy (non-hydrogen) atoms. The second kappa shape index (κ2) is 11.2. The number of halogens is 1. The summed E-state index contributed by atoms with van der Waals surface area (Å²) in [4.78, 5) is 12.4.